The first-order valence-corrected chi connectivity index (χ1v) is 6.24. The third-order valence-electron chi connectivity index (χ3n) is 3.08. The third kappa shape index (κ3) is 2.81. The van der Waals surface area contributed by atoms with Gasteiger partial charge in [0.2, 0.25) is 5.76 Å². The standard InChI is InChI=1S/C16H10F3NO/c17-16(18,19)15-10-14(20-21-15)13-8-6-12(7-9-13)11-4-2-1-3-5-11/h1-10H. The molecule has 5 heteroatoms. The summed E-state index contributed by atoms with van der Waals surface area (Å²) in [5, 5.41) is 3.46. The van der Waals surface area contributed by atoms with Crippen LogP contribution in [0.1, 0.15) is 5.76 Å². The summed E-state index contributed by atoms with van der Waals surface area (Å²) in [6, 6.07) is 17.7. The van der Waals surface area contributed by atoms with Crippen molar-refractivity contribution in [1.29, 1.82) is 0 Å². The maximum atomic E-state index is 12.5. The zero-order valence-corrected chi connectivity index (χ0v) is 10.8. The maximum Gasteiger partial charge on any atom is 0.452 e. The minimum atomic E-state index is -4.52. The quantitative estimate of drug-likeness (QED) is 0.661. The molecule has 0 aliphatic carbocycles. The molecule has 0 atom stereocenters. The van der Waals surface area contributed by atoms with Crippen LogP contribution >= 0.6 is 0 Å². The first kappa shape index (κ1) is 13.4. The van der Waals surface area contributed by atoms with Crippen LogP contribution in [0.5, 0.6) is 0 Å². The summed E-state index contributed by atoms with van der Waals surface area (Å²) < 4.78 is 41.7. The van der Waals surface area contributed by atoms with Gasteiger partial charge in [-0.25, -0.2) is 0 Å². The molecular formula is C16H10F3NO. The van der Waals surface area contributed by atoms with Gasteiger partial charge in [-0.3, -0.25) is 0 Å². The SMILES string of the molecule is FC(F)(F)c1cc(-c2ccc(-c3ccccc3)cc2)no1. The number of hydrogen-bond donors (Lipinski definition) is 0. The van der Waals surface area contributed by atoms with E-state index < -0.39 is 11.9 Å². The molecule has 0 saturated carbocycles. The van der Waals surface area contributed by atoms with Crippen molar-refractivity contribution < 1.29 is 17.7 Å². The normalized spacial score (nSPS) is 11.6. The molecule has 2 aromatic carbocycles. The Labute approximate surface area is 118 Å². The van der Waals surface area contributed by atoms with Crippen molar-refractivity contribution >= 4 is 0 Å². The van der Waals surface area contributed by atoms with Gasteiger partial charge in [-0.05, 0) is 11.1 Å². The number of nitrogens with zero attached hydrogens (tertiary/aromatic N) is 1. The molecule has 3 rings (SSSR count). The maximum absolute atomic E-state index is 12.5. The molecular weight excluding hydrogens is 279 g/mol. The highest BCUT2D eigenvalue weighted by Gasteiger charge is 2.36. The zero-order valence-electron chi connectivity index (χ0n) is 10.8. The van der Waals surface area contributed by atoms with E-state index in [-0.39, 0.29) is 5.69 Å². The molecule has 0 spiro atoms. The van der Waals surface area contributed by atoms with Gasteiger partial charge in [0.05, 0.1) is 0 Å². The summed E-state index contributed by atoms with van der Waals surface area (Å²) in [7, 11) is 0. The topological polar surface area (TPSA) is 26.0 Å². The Morgan fingerprint density at radius 2 is 1.33 bits per heavy atom. The van der Waals surface area contributed by atoms with Crippen LogP contribution in [-0.2, 0) is 6.18 Å². The average Bonchev–Trinajstić information content (AvgIpc) is 2.98. The number of alkyl halides is 3. The predicted molar refractivity (Wildman–Crippen MR) is 72.4 cm³/mol. The summed E-state index contributed by atoms with van der Waals surface area (Å²) in [6.45, 7) is 0. The molecule has 2 nitrogen and oxygen atoms in total. The molecule has 0 radical (unpaired) electrons. The lowest BCUT2D eigenvalue weighted by atomic mass is 10.0. The second kappa shape index (κ2) is 5.09. The van der Waals surface area contributed by atoms with Crippen molar-refractivity contribution in [1.82, 2.24) is 5.16 Å². The minimum Gasteiger partial charge on any atom is -0.351 e. The van der Waals surface area contributed by atoms with Gasteiger partial charge >= 0.3 is 6.18 Å². The van der Waals surface area contributed by atoms with Crippen LogP contribution in [0.15, 0.2) is 65.2 Å². The van der Waals surface area contributed by atoms with Crippen molar-refractivity contribution in [3.63, 3.8) is 0 Å². The molecule has 1 aromatic heterocycles. The van der Waals surface area contributed by atoms with E-state index in [1.165, 1.54) is 0 Å². The van der Waals surface area contributed by atoms with Crippen molar-refractivity contribution in [2.45, 2.75) is 6.18 Å². The number of aromatic nitrogens is 1. The lowest BCUT2D eigenvalue weighted by Gasteiger charge is -2.02. The Balaban J connectivity index is 1.89. The minimum absolute atomic E-state index is 0.168. The third-order valence-corrected chi connectivity index (χ3v) is 3.08. The van der Waals surface area contributed by atoms with E-state index in [1.54, 1.807) is 12.1 Å². The van der Waals surface area contributed by atoms with E-state index in [1.807, 2.05) is 42.5 Å². The molecule has 0 N–H and O–H groups in total. The summed E-state index contributed by atoms with van der Waals surface area (Å²) in [5.41, 5.74) is 2.77. The van der Waals surface area contributed by atoms with Gasteiger partial charge in [-0.15, -0.1) is 0 Å². The van der Waals surface area contributed by atoms with E-state index in [0.717, 1.165) is 17.2 Å². The van der Waals surface area contributed by atoms with Crippen LogP contribution in [0.4, 0.5) is 13.2 Å². The lowest BCUT2D eigenvalue weighted by Crippen LogP contribution is -2.02. The van der Waals surface area contributed by atoms with Crippen molar-refractivity contribution in [3.8, 4) is 22.4 Å². The molecule has 0 aliphatic rings. The van der Waals surface area contributed by atoms with Crippen molar-refractivity contribution in [2.24, 2.45) is 0 Å². The highest BCUT2D eigenvalue weighted by molar-refractivity contribution is 5.68. The van der Waals surface area contributed by atoms with Crippen LogP contribution < -0.4 is 0 Å². The largest absolute Gasteiger partial charge is 0.452 e. The fourth-order valence-electron chi connectivity index (χ4n) is 2.01. The molecule has 0 unspecified atom stereocenters. The Bertz CT molecular complexity index is 730. The fraction of sp³-hybridized carbons (Fsp3) is 0.0625. The summed E-state index contributed by atoms with van der Waals surface area (Å²) in [5.74, 6) is -1.09. The number of hydrogen-bond acceptors (Lipinski definition) is 2. The molecule has 106 valence electrons. The monoisotopic (exact) mass is 289 g/mol. The highest BCUT2D eigenvalue weighted by atomic mass is 19.4. The highest BCUT2D eigenvalue weighted by Crippen LogP contribution is 2.32. The van der Waals surface area contributed by atoms with E-state index in [0.29, 0.717) is 5.56 Å². The Hall–Kier alpha value is -2.56. The van der Waals surface area contributed by atoms with E-state index in [9.17, 15) is 13.2 Å². The van der Waals surface area contributed by atoms with Gasteiger partial charge in [-0.1, -0.05) is 59.8 Å². The number of rotatable bonds is 2. The second-order valence-corrected chi connectivity index (χ2v) is 4.52. The Morgan fingerprint density at radius 3 is 1.90 bits per heavy atom. The molecule has 0 saturated heterocycles. The number of benzene rings is 2. The van der Waals surface area contributed by atoms with Gasteiger partial charge in [0, 0.05) is 11.6 Å². The van der Waals surface area contributed by atoms with Gasteiger partial charge in [0.25, 0.3) is 0 Å². The van der Waals surface area contributed by atoms with Crippen LogP contribution in [0.2, 0.25) is 0 Å². The molecule has 0 aliphatic heterocycles. The van der Waals surface area contributed by atoms with E-state index in [4.69, 9.17) is 0 Å². The van der Waals surface area contributed by atoms with Crippen LogP contribution in [0, 0.1) is 0 Å². The Kier molecular flexibility index (Phi) is 3.25. The van der Waals surface area contributed by atoms with Crippen LogP contribution in [-0.4, -0.2) is 5.16 Å². The molecule has 0 fully saturated rings. The first-order valence-electron chi connectivity index (χ1n) is 6.24. The van der Waals surface area contributed by atoms with Gasteiger partial charge in [0.15, 0.2) is 0 Å². The summed E-state index contributed by atoms with van der Waals surface area (Å²) >= 11 is 0. The van der Waals surface area contributed by atoms with Crippen molar-refractivity contribution in [2.75, 3.05) is 0 Å². The van der Waals surface area contributed by atoms with E-state index in [2.05, 4.69) is 9.68 Å². The molecule has 21 heavy (non-hydrogen) atoms. The Morgan fingerprint density at radius 1 is 0.762 bits per heavy atom. The summed E-state index contributed by atoms with van der Waals surface area (Å²) in [6.07, 6.45) is -4.52. The van der Waals surface area contributed by atoms with Gasteiger partial charge in [0.1, 0.15) is 5.69 Å². The molecule has 0 amide bonds. The van der Waals surface area contributed by atoms with Crippen LogP contribution in [0.25, 0.3) is 22.4 Å². The molecule has 3 aromatic rings. The average molecular weight is 289 g/mol. The molecule has 0 bridgehead atoms. The lowest BCUT2D eigenvalue weighted by molar-refractivity contribution is -0.155. The molecule has 1 heterocycles. The predicted octanol–water partition coefficient (Wildman–Crippen LogP) is 5.03. The second-order valence-electron chi connectivity index (χ2n) is 4.52. The van der Waals surface area contributed by atoms with Crippen LogP contribution in [0.3, 0.4) is 0 Å². The van der Waals surface area contributed by atoms with Gasteiger partial charge in [-0.2, -0.15) is 13.2 Å². The van der Waals surface area contributed by atoms with Gasteiger partial charge < -0.3 is 4.52 Å². The summed E-state index contributed by atoms with van der Waals surface area (Å²) in [4.78, 5) is 0. The fourth-order valence-corrected chi connectivity index (χ4v) is 2.01. The van der Waals surface area contributed by atoms with E-state index >= 15 is 0 Å². The zero-order chi connectivity index (χ0) is 14.9. The van der Waals surface area contributed by atoms with Crippen molar-refractivity contribution in [3.05, 3.63) is 66.4 Å². The number of halogens is 3. The first-order chi connectivity index (χ1) is 10.0. The smallest absolute Gasteiger partial charge is 0.351 e.